The van der Waals surface area contributed by atoms with Gasteiger partial charge in [0.05, 0.1) is 0 Å². The number of nitrogens with zero attached hydrogens (tertiary/aromatic N) is 1. The first-order chi connectivity index (χ1) is 13.6. The molecule has 0 aliphatic rings. The average molecular weight is 454 g/mol. The van der Waals surface area contributed by atoms with Crippen molar-refractivity contribution in [2.24, 2.45) is 0 Å². The summed E-state index contributed by atoms with van der Waals surface area (Å²) in [6.07, 6.45) is 0. The molecule has 28 heavy (non-hydrogen) atoms. The summed E-state index contributed by atoms with van der Waals surface area (Å²) < 4.78 is 29.0. The van der Waals surface area contributed by atoms with E-state index in [1.54, 1.807) is 12.1 Å². The van der Waals surface area contributed by atoms with Crippen molar-refractivity contribution in [3.05, 3.63) is 96.1 Å². The van der Waals surface area contributed by atoms with Crippen molar-refractivity contribution in [3.63, 3.8) is 0 Å². The van der Waals surface area contributed by atoms with E-state index in [0.29, 0.717) is 11.4 Å². The van der Waals surface area contributed by atoms with Gasteiger partial charge in [0.25, 0.3) is 0 Å². The molecule has 3 aromatic rings. The predicted molar refractivity (Wildman–Crippen MR) is 115 cm³/mol. The summed E-state index contributed by atoms with van der Waals surface area (Å²) in [5.41, 5.74) is 1.97. The van der Waals surface area contributed by atoms with E-state index in [1.165, 1.54) is 8.77 Å². The number of rotatable bonds is 6. The Labute approximate surface area is 173 Å². The van der Waals surface area contributed by atoms with Crippen molar-refractivity contribution in [3.8, 4) is 10.7 Å². The van der Waals surface area contributed by atoms with Crippen molar-refractivity contribution in [2.75, 3.05) is 6.54 Å². The molecule has 3 aromatic carbocycles. The summed E-state index contributed by atoms with van der Waals surface area (Å²) in [6, 6.07) is 26.6. The monoisotopic (exact) mass is 455 g/mol. The normalized spacial score (nSPS) is 11.1. The van der Waals surface area contributed by atoms with Crippen LogP contribution in [0.4, 0.5) is 0 Å². The fourth-order valence-corrected chi connectivity index (χ4v) is 5.06. The maximum atomic E-state index is 13.2. The molecule has 0 aromatic heterocycles. The van der Waals surface area contributed by atoms with Gasteiger partial charge in [0.1, 0.15) is 0 Å². The van der Waals surface area contributed by atoms with Crippen molar-refractivity contribution in [1.29, 1.82) is 0 Å². The number of hydrogen-bond donors (Lipinski definition) is 0. The Hall–Kier alpha value is -2.35. The Kier molecular flexibility index (Phi) is 7.08. The molecule has 0 radical (unpaired) electrons. The van der Waals surface area contributed by atoms with E-state index >= 15 is 0 Å². The van der Waals surface area contributed by atoms with Crippen LogP contribution in [0.25, 0.3) is 0 Å². The van der Waals surface area contributed by atoms with Crippen LogP contribution in [0.1, 0.15) is 11.1 Å². The summed E-state index contributed by atoms with van der Waals surface area (Å²) in [6.45, 7) is 2.40. The second-order valence-corrected chi connectivity index (χ2v) is 10.0. The van der Waals surface area contributed by atoms with E-state index in [4.69, 9.17) is 0 Å². The minimum atomic E-state index is -3.62. The summed E-state index contributed by atoms with van der Waals surface area (Å²) >= 11 is 0.00724. The van der Waals surface area contributed by atoms with E-state index in [-0.39, 0.29) is 21.5 Å². The molecule has 3 nitrogen and oxygen atoms in total. The number of aryl methyl sites for hydroxylation is 1. The van der Waals surface area contributed by atoms with Gasteiger partial charge in [-0.15, -0.1) is 0 Å². The fraction of sp³-hybridized carbons (Fsp3) is 0.130. The number of benzene rings is 3. The Morgan fingerprint density at radius 2 is 1.46 bits per heavy atom. The molecule has 0 heterocycles. The van der Waals surface area contributed by atoms with Gasteiger partial charge in [-0.05, 0) is 0 Å². The molecular weight excluding hydrogens is 433 g/mol. The van der Waals surface area contributed by atoms with Crippen LogP contribution in [0.2, 0.25) is 0 Å². The first kappa shape index (κ1) is 20.4. The summed E-state index contributed by atoms with van der Waals surface area (Å²) in [4.78, 5) is 3.45. The van der Waals surface area contributed by atoms with Crippen LogP contribution in [0.3, 0.4) is 0 Å². The molecule has 0 bridgehead atoms. The first-order valence-corrected chi connectivity index (χ1v) is 12.0. The number of sulfonamides is 1. The average Bonchev–Trinajstić information content (AvgIpc) is 2.72. The topological polar surface area (TPSA) is 37.4 Å². The van der Waals surface area contributed by atoms with Gasteiger partial charge < -0.3 is 0 Å². The van der Waals surface area contributed by atoms with Crippen LogP contribution >= 0.6 is 0 Å². The molecule has 0 aliphatic carbocycles. The molecule has 0 saturated heterocycles. The Bertz CT molecular complexity index is 1050. The van der Waals surface area contributed by atoms with Gasteiger partial charge in [-0.3, -0.25) is 0 Å². The van der Waals surface area contributed by atoms with Crippen molar-refractivity contribution in [2.45, 2.75) is 18.4 Å². The Balaban J connectivity index is 1.81. The zero-order valence-electron chi connectivity index (χ0n) is 15.6. The van der Waals surface area contributed by atoms with Crippen LogP contribution in [-0.2, 0) is 16.6 Å². The van der Waals surface area contributed by atoms with E-state index in [2.05, 4.69) is 10.7 Å². The molecule has 142 valence electrons. The van der Waals surface area contributed by atoms with Gasteiger partial charge in [-0.2, -0.15) is 0 Å². The van der Waals surface area contributed by atoms with E-state index in [0.717, 1.165) is 11.1 Å². The summed E-state index contributed by atoms with van der Waals surface area (Å²) in [7, 11) is -3.62. The van der Waals surface area contributed by atoms with Gasteiger partial charge in [0, 0.05) is 0 Å². The van der Waals surface area contributed by atoms with E-state index in [9.17, 15) is 8.42 Å². The molecule has 0 spiro atoms. The predicted octanol–water partition coefficient (Wildman–Crippen LogP) is 3.18. The second kappa shape index (κ2) is 9.73. The number of hydrogen-bond acceptors (Lipinski definition) is 2. The second-order valence-electron chi connectivity index (χ2n) is 6.27. The van der Waals surface area contributed by atoms with Gasteiger partial charge in [-0.25, -0.2) is 0 Å². The van der Waals surface area contributed by atoms with Crippen molar-refractivity contribution < 1.29 is 8.42 Å². The maximum absolute atomic E-state index is 13.2. The summed E-state index contributed by atoms with van der Waals surface area (Å²) in [5, 5.41) is 0. The van der Waals surface area contributed by atoms with Crippen LogP contribution < -0.4 is 4.46 Å². The molecule has 0 atom stereocenters. The van der Waals surface area contributed by atoms with Crippen molar-refractivity contribution >= 4 is 29.4 Å². The van der Waals surface area contributed by atoms with E-state index in [1.807, 2.05) is 79.7 Å². The standard InChI is InChI=1S/C23H21NO2SSe/c1-20-13-15-22(16-14-20)27(25,26)24(19-21-9-4-2-5-10-21)17-8-18-28-23-11-6-3-7-12-23/h2-7,9-16H,17,19H2,1H3. The molecular formula is C23H21NO2SSe. The summed E-state index contributed by atoms with van der Waals surface area (Å²) in [5.74, 6) is 3.07. The molecule has 0 amide bonds. The SMILES string of the molecule is Cc1ccc(S(=O)(=O)N(CC#C[Se]c2ccccc2)Cc2ccccc2)cc1. The van der Waals surface area contributed by atoms with Crippen LogP contribution in [-0.4, -0.2) is 34.2 Å². The van der Waals surface area contributed by atoms with Gasteiger partial charge >= 0.3 is 174 Å². The zero-order chi connectivity index (χ0) is 19.8. The van der Waals surface area contributed by atoms with Crippen LogP contribution in [0, 0.1) is 17.7 Å². The van der Waals surface area contributed by atoms with Crippen LogP contribution in [0.15, 0.2) is 89.8 Å². The van der Waals surface area contributed by atoms with Crippen LogP contribution in [0.5, 0.6) is 0 Å². The van der Waals surface area contributed by atoms with Gasteiger partial charge in [-0.1, -0.05) is 0 Å². The third kappa shape index (κ3) is 5.57. The van der Waals surface area contributed by atoms with Crippen molar-refractivity contribution in [1.82, 2.24) is 4.31 Å². The Morgan fingerprint density at radius 3 is 2.11 bits per heavy atom. The zero-order valence-corrected chi connectivity index (χ0v) is 18.1. The molecule has 0 unspecified atom stereocenters. The first-order valence-electron chi connectivity index (χ1n) is 8.86. The Morgan fingerprint density at radius 1 is 0.857 bits per heavy atom. The quantitative estimate of drug-likeness (QED) is 0.424. The van der Waals surface area contributed by atoms with Gasteiger partial charge in [0.15, 0.2) is 0 Å². The molecule has 5 heteroatoms. The molecule has 3 rings (SSSR count). The van der Waals surface area contributed by atoms with E-state index < -0.39 is 10.0 Å². The third-order valence-corrected chi connectivity index (χ3v) is 7.49. The minimum absolute atomic E-state index is 0.00724. The molecule has 0 saturated carbocycles. The molecule has 0 fully saturated rings. The third-order valence-electron chi connectivity index (χ3n) is 4.10. The molecule has 0 aliphatic heterocycles. The van der Waals surface area contributed by atoms with Gasteiger partial charge in [0.2, 0.25) is 0 Å². The molecule has 0 N–H and O–H groups in total. The fourth-order valence-electron chi connectivity index (χ4n) is 2.58.